The van der Waals surface area contributed by atoms with Crippen LogP contribution in [0.25, 0.3) is 0 Å². The number of rotatable bonds is 7. The lowest BCUT2D eigenvalue weighted by Gasteiger charge is -2.23. The smallest absolute Gasteiger partial charge is 0.253 e. The summed E-state index contributed by atoms with van der Waals surface area (Å²) in [5.41, 5.74) is 1.72. The minimum absolute atomic E-state index is 0.00908. The Hall–Kier alpha value is -2.42. The van der Waals surface area contributed by atoms with Gasteiger partial charge in [0.2, 0.25) is 15.9 Å². The van der Waals surface area contributed by atoms with Gasteiger partial charge in [0.15, 0.2) is 0 Å². The lowest BCUT2D eigenvalue weighted by molar-refractivity contribution is -0.118. The van der Waals surface area contributed by atoms with E-state index < -0.39 is 22.0 Å². The number of hydrogen-bond donors (Lipinski definition) is 2. The molecule has 2 amide bonds. The van der Waals surface area contributed by atoms with Gasteiger partial charge in [0.1, 0.15) is 6.04 Å². The zero-order valence-corrected chi connectivity index (χ0v) is 21.6. The van der Waals surface area contributed by atoms with Gasteiger partial charge in [0.25, 0.3) is 5.91 Å². The maximum Gasteiger partial charge on any atom is 0.253 e. The summed E-state index contributed by atoms with van der Waals surface area (Å²) in [6.45, 7) is 9.93. The van der Waals surface area contributed by atoms with Crippen molar-refractivity contribution in [3.63, 3.8) is 0 Å². The van der Waals surface area contributed by atoms with Crippen molar-refractivity contribution in [2.24, 2.45) is 5.92 Å². The average Bonchev–Trinajstić information content (AvgIpc) is 2.71. The van der Waals surface area contributed by atoms with Crippen molar-refractivity contribution < 1.29 is 18.0 Å². The lowest BCUT2D eigenvalue weighted by Crippen LogP contribution is -2.47. The van der Waals surface area contributed by atoms with Gasteiger partial charge in [-0.25, -0.2) is 12.7 Å². The van der Waals surface area contributed by atoms with Crippen molar-refractivity contribution in [2.45, 2.75) is 51.0 Å². The quantitative estimate of drug-likeness (QED) is 0.601. The minimum Gasteiger partial charge on any atom is -0.340 e. The molecule has 0 fully saturated rings. The molecule has 0 aromatic heterocycles. The second-order valence-electron chi connectivity index (χ2n) is 9.44. The molecular weight excluding hydrogens is 462 g/mol. The highest BCUT2D eigenvalue weighted by atomic mass is 35.5. The molecule has 180 valence electrons. The number of benzene rings is 2. The van der Waals surface area contributed by atoms with Crippen LogP contribution in [0.15, 0.2) is 47.4 Å². The third-order valence-corrected chi connectivity index (χ3v) is 7.36. The SMILES string of the molecule is CC(C)C(NC(=O)c1cc(S(=O)(=O)N(C)C)ccc1Cl)C(=O)Nc1ccc(C(C)(C)C)cc1. The number of sulfonamides is 1. The standard InChI is InChI=1S/C24H32ClN3O4S/c1-15(2)21(23(30)26-17-10-8-16(9-11-17)24(3,4)5)27-22(29)19-14-18(12-13-20(19)25)33(31,32)28(6)7/h8-15,21H,1-7H3,(H,26,30)(H,27,29). The van der Waals surface area contributed by atoms with Crippen molar-refractivity contribution in [3.05, 3.63) is 58.6 Å². The van der Waals surface area contributed by atoms with E-state index in [0.29, 0.717) is 5.69 Å². The Bertz CT molecular complexity index is 1120. The molecule has 0 saturated heterocycles. The predicted molar refractivity (Wildman–Crippen MR) is 132 cm³/mol. The monoisotopic (exact) mass is 493 g/mol. The van der Waals surface area contributed by atoms with Crippen LogP contribution in [0.5, 0.6) is 0 Å². The number of nitrogens with zero attached hydrogens (tertiary/aromatic N) is 1. The summed E-state index contributed by atoms with van der Waals surface area (Å²) in [6, 6.07) is 10.6. The van der Waals surface area contributed by atoms with Crippen molar-refractivity contribution in [3.8, 4) is 0 Å². The molecular formula is C24H32ClN3O4S. The van der Waals surface area contributed by atoms with E-state index in [-0.39, 0.29) is 32.7 Å². The van der Waals surface area contributed by atoms with E-state index in [1.165, 1.54) is 32.3 Å². The van der Waals surface area contributed by atoms with Crippen LogP contribution in [-0.4, -0.2) is 44.7 Å². The van der Waals surface area contributed by atoms with E-state index in [1.54, 1.807) is 0 Å². The Balaban J connectivity index is 2.24. The number of anilines is 1. The molecule has 0 aliphatic heterocycles. The van der Waals surface area contributed by atoms with Gasteiger partial charge in [0.05, 0.1) is 15.5 Å². The Morgan fingerprint density at radius 1 is 1.00 bits per heavy atom. The first kappa shape index (κ1) is 26.8. The molecule has 0 saturated carbocycles. The molecule has 2 N–H and O–H groups in total. The molecule has 33 heavy (non-hydrogen) atoms. The van der Waals surface area contributed by atoms with Crippen LogP contribution in [0, 0.1) is 5.92 Å². The highest BCUT2D eigenvalue weighted by Crippen LogP contribution is 2.24. The summed E-state index contributed by atoms with van der Waals surface area (Å²) in [4.78, 5) is 25.8. The van der Waals surface area contributed by atoms with Crippen LogP contribution in [0.4, 0.5) is 5.69 Å². The van der Waals surface area contributed by atoms with E-state index in [1.807, 2.05) is 38.1 Å². The second kappa shape index (κ2) is 10.2. The first-order valence-electron chi connectivity index (χ1n) is 10.6. The Morgan fingerprint density at radius 3 is 2.06 bits per heavy atom. The van der Waals surface area contributed by atoms with Gasteiger partial charge in [-0.15, -0.1) is 0 Å². The number of hydrogen-bond acceptors (Lipinski definition) is 4. The largest absolute Gasteiger partial charge is 0.340 e. The van der Waals surface area contributed by atoms with Gasteiger partial charge in [-0.05, 0) is 47.2 Å². The van der Waals surface area contributed by atoms with E-state index >= 15 is 0 Å². The second-order valence-corrected chi connectivity index (χ2v) is 12.0. The third-order valence-electron chi connectivity index (χ3n) is 5.22. The van der Waals surface area contributed by atoms with Gasteiger partial charge in [-0.1, -0.05) is 58.4 Å². The predicted octanol–water partition coefficient (Wildman–Crippen LogP) is 4.28. The van der Waals surface area contributed by atoms with Crippen molar-refractivity contribution in [1.29, 1.82) is 0 Å². The number of carbonyl (C=O) groups excluding carboxylic acids is 2. The van der Waals surface area contributed by atoms with Crippen LogP contribution in [-0.2, 0) is 20.2 Å². The average molecular weight is 494 g/mol. The fraction of sp³-hybridized carbons (Fsp3) is 0.417. The molecule has 2 rings (SSSR count). The fourth-order valence-electron chi connectivity index (χ4n) is 3.08. The van der Waals surface area contributed by atoms with Crippen LogP contribution in [0.3, 0.4) is 0 Å². The zero-order valence-electron chi connectivity index (χ0n) is 20.1. The maximum atomic E-state index is 13.0. The van der Waals surface area contributed by atoms with Gasteiger partial charge in [0, 0.05) is 19.8 Å². The van der Waals surface area contributed by atoms with Crippen LogP contribution in [0.2, 0.25) is 5.02 Å². The fourth-order valence-corrected chi connectivity index (χ4v) is 4.21. The molecule has 2 aromatic carbocycles. The molecule has 0 heterocycles. The van der Waals surface area contributed by atoms with Gasteiger partial charge in [-0.2, -0.15) is 0 Å². The molecule has 9 heteroatoms. The van der Waals surface area contributed by atoms with E-state index in [0.717, 1.165) is 9.87 Å². The highest BCUT2D eigenvalue weighted by molar-refractivity contribution is 7.89. The Morgan fingerprint density at radius 2 is 1.58 bits per heavy atom. The molecule has 0 radical (unpaired) electrons. The molecule has 1 atom stereocenters. The van der Waals surface area contributed by atoms with Crippen LogP contribution >= 0.6 is 11.6 Å². The zero-order chi connectivity index (χ0) is 25.1. The summed E-state index contributed by atoms with van der Waals surface area (Å²) in [7, 11) is -0.951. The topological polar surface area (TPSA) is 95.6 Å². The maximum absolute atomic E-state index is 13.0. The van der Waals surface area contributed by atoms with E-state index in [9.17, 15) is 18.0 Å². The molecule has 0 spiro atoms. The molecule has 2 aromatic rings. The summed E-state index contributed by atoms with van der Waals surface area (Å²) < 4.78 is 25.9. The van der Waals surface area contributed by atoms with Crippen molar-refractivity contribution in [2.75, 3.05) is 19.4 Å². The first-order valence-corrected chi connectivity index (χ1v) is 12.4. The van der Waals surface area contributed by atoms with Gasteiger partial charge in [-0.3, -0.25) is 9.59 Å². The van der Waals surface area contributed by atoms with Gasteiger partial charge < -0.3 is 10.6 Å². The number of carbonyl (C=O) groups is 2. The minimum atomic E-state index is -3.75. The van der Waals surface area contributed by atoms with Crippen LogP contribution in [0.1, 0.15) is 50.5 Å². The molecule has 7 nitrogen and oxygen atoms in total. The first-order chi connectivity index (χ1) is 15.1. The highest BCUT2D eigenvalue weighted by Gasteiger charge is 2.27. The van der Waals surface area contributed by atoms with E-state index in [4.69, 9.17) is 11.6 Å². The normalized spacial score (nSPS) is 13.2. The summed E-state index contributed by atoms with van der Waals surface area (Å²) >= 11 is 6.17. The molecule has 0 aliphatic carbocycles. The number of halogens is 1. The van der Waals surface area contributed by atoms with E-state index in [2.05, 4.69) is 31.4 Å². The summed E-state index contributed by atoms with van der Waals surface area (Å²) in [6.07, 6.45) is 0. The van der Waals surface area contributed by atoms with Crippen molar-refractivity contribution in [1.82, 2.24) is 9.62 Å². The summed E-state index contributed by atoms with van der Waals surface area (Å²) in [5.74, 6) is -1.24. The number of nitrogens with one attached hydrogen (secondary N) is 2. The summed E-state index contributed by atoms with van der Waals surface area (Å²) in [5, 5.41) is 5.62. The Labute approximate surface area is 201 Å². The Kier molecular flexibility index (Phi) is 8.32. The molecule has 0 bridgehead atoms. The third kappa shape index (κ3) is 6.56. The lowest BCUT2D eigenvalue weighted by atomic mass is 9.87. The molecule has 0 aliphatic rings. The van der Waals surface area contributed by atoms with Crippen molar-refractivity contribution >= 4 is 39.1 Å². The van der Waals surface area contributed by atoms with Gasteiger partial charge >= 0.3 is 0 Å². The number of amides is 2. The van der Waals surface area contributed by atoms with Crippen LogP contribution < -0.4 is 10.6 Å². The molecule has 1 unspecified atom stereocenters.